The summed E-state index contributed by atoms with van der Waals surface area (Å²) in [7, 11) is 0. The lowest BCUT2D eigenvalue weighted by Crippen LogP contribution is -2.45. The third-order valence-electron chi connectivity index (χ3n) is 2.80. The van der Waals surface area contributed by atoms with Gasteiger partial charge < -0.3 is 19.5 Å². The second-order valence-electron chi connectivity index (χ2n) is 5.68. The molecule has 2 unspecified atom stereocenters. The minimum absolute atomic E-state index is 0.124. The van der Waals surface area contributed by atoms with Gasteiger partial charge in [-0.25, -0.2) is 9.59 Å². The molecule has 6 nitrogen and oxygen atoms in total. The molecule has 20 heavy (non-hydrogen) atoms. The number of esters is 1. The van der Waals surface area contributed by atoms with E-state index in [1.165, 1.54) is 0 Å². The van der Waals surface area contributed by atoms with E-state index in [-0.39, 0.29) is 12.0 Å². The van der Waals surface area contributed by atoms with Crippen molar-refractivity contribution in [3.63, 3.8) is 0 Å². The molecule has 0 aromatic heterocycles. The van der Waals surface area contributed by atoms with Gasteiger partial charge in [0.1, 0.15) is 5.60 Å². The molecule has 1 fully saturated rings. The molecule has 0 aromatic rings. The molecule has 1 N–H and O–H groups in total. The van der Waals surface area contributed by atoms with E-state index < -0.39 is 23.8 Å². The summed E-state index contributed by atoms with van der Waals surface area (Å²) in [6, 6.07) is -0.317. The van der Waals surface area contributed by atoms with Crippen LogP contribution in [0.5, 0.6) is 0 Å². The van der Waals surface area contributed by atoms with Crippen LogP contribution in [0.25, 0.3) is 0 Å². The highest BCUT2D eigenvalue weighted by Gasteiger charge is 2.36. The van der Waals surface area contributed by atoms with Crippen LogP contribution in [0.15, 0.2) is 0 Å². The molecule has 2 atom stereocenters. The van der Waals surface area contributed by atoms with E-state index in [0.29, 0.717) is 6.54 Å². The number of hydrogen-bond donors (Lipinski definition) is 1. The van der Waals surface area contributed by atoms with Crippen LogP contribution in [0.4, 0.5) is 4.79 Å². The van der Waals surface area contributed by atoms with E-state index in [4.69, 9.17) is 21.1 Å². The van der Waals surface area contributed by atoms with Crippen molar-refractivity contribution in [2.24, 2.45) is 5.92 Å². The van der Waals surface area contributed by atoms with Crippen molar-refractivity contribution in [2.75, 3.05) is 19.2 Å². The number of carbonyl (C=O) groups excluding carboxylic acids is 2. The molecular weight excluding hydrogens is 286 g/mol. The average molecular weight is 308 g/mol. The summed E-state index contributed by atoms with van der Waals surface area (Å²) in [5.41, 5.74) is -0.642. The Morgan fingerprint density at radius 2 is 2.10 bits per heavy atom. The summed E-state index contributed by atoms with van der Waals surface area (Å²) in [6.07, 6.45) is -0.234. The van der Waals surface area contributed by atoms with Gasteiger partial charge in [-0.05, 0) is 40.2 Å². The van der Waals surface area contributed by atoms with Crippen LogP contribution in [-0.4, -0.2) is 43.0 Å². The van der Waals surface area contributed by atoms with E-state index in [0.717, 1.165) is 19.4 Å². The number of halogens is 1. The summed E-state index contributed by atoms with van der Waals surface area (Å²) in [5.74, 6) is -0.681. The lowest BCUT2D eigenvalue weighted by molar-refractivity contribution is -0.170. The van der Waals surface area contributed by atoms with Gasteiger partial charge in [0.15, 0.2) is 6.07 Å². The zero-order valence-corrected chi connectivity index (χ0v) is 12.9. The Hall–Kier alpha value is -1.01. The van der Waals surface area contributed by atoms with E-state index in [1.807, 2.05) is 0 Å². The second kappa shape index (κ2) is 7.69. The SMILES string of the molecule is CC(C)(C)OC(=O)C(OC(=O)OCCl)C1CCCNC1. The fourth-order valence-corrected chi connectivity index (χ4v) is 2.11. The number of carbonyl (C=O) groups is 2. The molecule has 1 aliphatic heterocycles. The molecule has 0 saturated carbocycles. The monoisotopic (exact) mass is 307 g/mol. The van der Waals surface area contributed by atoms with Gasteiger partial charge in [-0.1, -0.05) is 11.6 Å². The molecule has 7 heteroatoms. The smallest absolute Gasteiger partial charge is 0.457 e. The van der Waals surface area contributed by atoms with E-state index in [2.05, 4.69) is 10.1 Å². The van der Waals surface area contributed by atoms with Crippen molar-refractivity contribution < 1.29 is 23.8 Å². The minimum atomic E-state index is -0.974. The first-order valence-corrected chi connectivity index (χ1v) is 7.20. The van der Waals surface area contributed by atoms with Crippen molar-refractivity contribution in [3.05, 3.63) is 0 Å². The van der Waals surface area contributed by atoms with Crippen molar-refractivity contribution in [1.29, 1.82) is 0 Å². The predicted molar refractivity (Wildman–Crippen MR) is 73.5 cm³/mol. The lowest BCUT2D eigenvalue weighted by atomic mass is 9.93. The second-order valence-corrected chi connectivity index (χ2v) is 5.90. The number of rotatable bonds is 4. The van der Waals surface area contributed by atoms with Gasteiger partial charge in [0.25, 0.3) is 0 Å². The minimum Gasteiger partial charge on any atom is -0.457 e. The molecule has 0 bridgehead atoms. The van der Waals surface area contributed by atoms with Crippen LogP contribution in [0, 0.1) is 5.92 Å². The van der Waals surface area contributed by atoms with Gasteiger partial charge in [0.05, 0.1) is 0 Å². The van der Waals surface area contributed by atoms with Gasteiger partial charge in [0.2, 0.25) is 6.10 Å². The molecule has 1 heterocycles. The Morgan fingerprint density at radius 1 is 1.40 bits per heavy atom. The maximum absolute atomic E-state index is 12.2. The van der Waals surface area contributed by atoms with Crippen LogP contribution in [0.1, 0.15) is 33.6 Å². The number of hydrogen-bond acceptors (Lipinski definition) is 6. The summed E-state index contributed by atoms with van der Waals surface area (Å²) >= 11 is 5.30. The molecule has 0 amide bonds. The number of piperidine rings is 1. The first-order chi connectivity index (χ1) is 9.33. The summed E-state index contributed by atoms with van der Waals surface area (Å²) < 4.78 is 14.9. The highest BCUT2D eigenvalue weighted by atomic mass is 35.5. The number of ether oxygens (including phenoxy) is 3. The molecule has 1 aliphatic rings. The van der Waals surface area contributed by atoms with Crippen molar-refractivity contribution in [1.82, 2.24) is 5.32 Å². The normalized spacial score (nSPS) is 20.9. The average Bonchev–Trinajstić information content (AvgIpc) is 2.35. The standard InChI is InChI=1S/C13H22ClNO5/c1-13(2,3)20-11(16)10(19-12(17)18-8-14)9-5-4-6-15-7-9/h9-10,15H,4-8H2,1-3H3. The maximum atomic E-state index is 12.2. The van der Waals surface area contributed by atoms with Crippen molar-refractivity contribution in [2.45, 2.75) is 45.3 Å². The first kappa shape index (κ1) is 17.0. The molecule has 0 aromatic carbocycles. The van der Waals surface area contributed by atoms with Gasteiger partial charge in [-0.2, -0.15) is 0 Å². The van der Waals surface area contributed by atoms with Crippen molar-refractivity contribution in [3.8, 4) is 0 Å². The Labute approximate surface area is 124 Å². The van der Waals surface area contributed by atoms with Crippen LogP contribution in [0.3, 0.4) is 0 Å². The molecule has 116 valence electrons. The predicted octanol–water partition coefficient (Wildman–Crippen LogP) is 2.05. The molecule has 0 radical (unpaired) electrons. The Bertz CT molecular complexity index is 336. The quantitative estimate of drug-likeness (QED) is 0.633. The zero-order chi connectivity index (χ0) is 15.2. The first-order valence-electron chi connectivity index (χ1n) is 6.66. The van der Waals surface area contributed by atoms with Crippen LogP contribution >= 0.6 is 11.6 Å². The van der Waals surface area contributed by atoms with Crippen LogP contribution in [0.2, 0.25) is 0 Å². The Kier molecular flexibility index (Phi) is 6.55. The largest absolute Gasteiger partial charge is 0.510 e. The van der Waals surface area contributed by atoms with Gasteiger partial charge in [-0.3, -0.25) is 0 Å². The fraction of sp³-hybridized carbons (Fsp3) is 0.846. The summed E-state index contributed by atoms with van der Waals surface area (Å²) in [4.78, 5) is 23.6. The molecular formula is C13H22ClNO5. The van der Waals surface area contributed by atoms with E-state index in [9.17, 15) is 9.59 Å². The van der Waals surface area contributed by atoms with Crippen LogP contribution in [-0.2, 0) is 19.0 Å². The van der Waals surface area contributed by atoms with Gasteiger partial charge in [-0.15, -0.1) is 0 Å². The maximum Gasteiger partial charge on any atom is 0.510 e. The highest BCUT2D eigenvalue weighted by Crippen LogP contribution is 2.21. The van der Waals surface area contributed by atoms with Gasteiger partial charge in [0, 0.05) is 12.5 Å². The summed E-state index contributed by atoms with van der Waals surface area (Å²) in [6.45, 7) is 6.77. The highest BCUT2D eigenvalue weighted by molar-refractivity contribution is 6.17. The Morgan fingerprint density at radius 3 is 2.60 bits per heavy atom. The van der Waals surface area contributed by atoms with E-state index >= 15 is 0 Å². The Balaban J connectivity index is 2.71. The molecule has 1 rings (SSSR count). The molecule has 1 saturated heterocycles. The molecule has 0 aliphatic carbocycles. The van der Waals surface area contributed by atoms with Gasteiger partial charge >= 0.3 is 12.1 Å². The third kappa shape index (κ3) is 5.96. The van der Waals surface area contributed by atoms with Crippen LogP contribution < -0.4 is 5.32 Å². The number of alkyl halides is 1. The summed E-state index contributed by atoms with van der Waals surface area (Å²) in [5, 5.41) is 3.17. The topological polar surface area (TPSA) is 73.9 Å². The van der Waals surface area contributed by atoms with Crippen molar-refractivity contribution >= 4 is 23.7 Å². The third-order valence-corrected chi connectivity index (χ3v) is 2.91. The zero-order valence-electron chi connectivity index (χ0n) is 12.1. The fourth-order valence-electron chi connectivity index (χ4n) is 2.02. The number of nitrogens with one attached hydrogen (secondary N) is 1. The van der Waals surface area contributed by atoms with E-state index in [1.54, 1.807) is 20.8 Å². The molecule has 0 spiro atoms. The lowest BCUT2D eigenvalue weighted by Gasteiger charge is -2.30.